The topological polar surface area (TPSA) is 95.2 Å². The molecule has 3 N–H and O–H groups in total. The van der Waals surface area contributed by atoms with Crippen molar-refractivity contribution in [3.05, 3.63) is 77.8 Å². The Morgan fingerprint density at radius 1 is 0.933 bits per heavy atom. The molecule has 7 nitrogen and oxygen atoms in total. The molecule has 0 atom stereocenters. The zero-order chi connectivity index (χ0) is 20.8. The largest absolute Gasteiger partial charge is 0.491 e. The van der Waals surface area contributed by atoms with Crippen LogP contribution in [0.1, 0.15) is 5.69 Å². The van der Waals surface area contributed by atoms with Crippen LogP contribution in [0.5, 0.6) is 11.5 Å². The van der Waals surface area contributed by atoms with Gasteiger partial charge in [0.2, 0.25) is 0 Å². The second-order valence-corrected chi connectivity index (χ2v) is 6.80. The molecule has 2 heterocycles. The zero-order valence-corrected chi connectivity index (χ0v) is 16.8. The number of pyridine rings is 1. The lowest BCUT2D eigenvalue weighted by Gasteiger charge is -2.14. The lowest BCUT2D eigenvalue weighted by Crippen LogP contribution is -2.11. The third-order valence-electron chi connectivity index (χ3n) is 4.30. The number of nitrogens with one attached hydrogen (secondary N) is 1. The number of ether oxygens (including phenoxy) is 2. The van der Waals surface area contributed by atoms with Gasteiger partial charge in [-0.3, -0.25) is 4.98 Å². The highest BCUT2D eigenvalue weighted by molar-refractivity contribution is 6.32. The van der Waals surface area contributed by atoms with Gasteiger partial charge in [-0.15, -0.1) is 0 Å². The summed E-state index contributed by atoms with van der Waals surface area (Å²) in [5.41, 5.74) is 7.93. The van der Waals surface area contributed by atoms with Crippen LogP contribution in [-0.2, 0) is 6.61 Å². The molecular weight excluding hydrogens is 402 g/mol. The van der Waals surface area contributed by atoms with E-state index in [1.165, 1.54) is 6.33 Å². The molecule has 0 aliphatic heterocycles. The summed E-state index contributed by atoms with van der Waals surface area (Å²) in [6.07, 6.45) is 3.23. The molecule has 0 spiro atoms. The Labute approximate surface area is 178 Å². The highest BCUT2D eigenvalue weighted by atomic mass is 35.5. The van der Waals surface area contributed by atoms with Crippen molar-refractivity contribution in [3.8, 4) is 11.5 Å². The van der Waals surface area contributed by atoms with Gasteiger partial charge >= 0.3 is 0 Å². The van der Waals surface area contributed by atoms with E-state index in [9.17, 15) is 0 Å². The second-order valence-electron chi connectivity index (χ2n) is 6.39. The Balaban J connectivity index is 1.55. The molecular formula is C22H20ClN5O2. The van der Waals surface area contributed by atoms with Gasteiger partial charge in [-0.05, 0) is 42.5 Å². The van der Waals surface area contributed by atoms with E-state index in [1.807, 2.05) is 48.5 Å². The maximum atomic E-state index is 6.42. The Morgan fingerprint density at radius 3 is 2.67 bits per heavy atom. The normalized spacial score (nSPS) is 10.7. The van der Waals surface area contributed by atoms with Crippen molar-refractivity contribution in [1.29, 1.82) is 0 Å². The molecule has 0 aliphatic carbocycles. The first-order valence-electron chi connectivity index (χ1n) is 9.40. The molecule has 4 rings (SSSR count). The number of halogens is 1. The third kappa shape index (κ3) is 4.59. The van der Waals surface area contributed by atoms with Gasteiger partial charge in [0.1, 0.15) is 36.9 Å². The van der Waals surface area contributed by atoms with E-state index in [1.54, 1.807) is 12.3 Å². The molecule has 0 unspecified atom stereocenters. The summed E-state index contributed by atoms with van der Waals surface area (Å²) in [6.45, 7) is 1.16. The summed E-state index contributed by atoms with van der Waals surface area (Å²) < 4.78 is 11.5. The summed E-state index contributed by atoms with van der Waals surface area (Å²) in [5, 5.41) is 4.55. The molecule has 0 fully saturated rings. The van der Waals surface area contributed by atoms with Gasteiger partial charge in [0.25, 0.3) is 0 Å². The van der Waals surface area contributed by atoms with Crippen molar-refractivity contribution < 1.29 is 9.47 Å². The first-order chi connectivity index (χ1) is 14.7. The number of hydrogen-bond donors (Lipinski definition) is 2. The van der Waals surface area contributed by atoms with Crippen molar-refractivity contribution in [2.24, 2.45) is 5.73 Å². The molecule has 4 aromatic rings. The molecule has 0 amide bonds. The van der Waals surface area contributed by atoms with E-state index in [4.69, 9.17) is 26.8 Å². The minimum atomic E-state index is 0.339. The first-order valence-corrected chi connectivity index (χ1v) is 9.78. The maximum absolute atomic E-state index is 6.42. The van der Waals surface area contributed by atoms with E-state index < -0.39 is 0 Å². The molecule has 2 aromatic heterocycles. The lowest BCUT2D eigenvalue weighted by molar-refractivity contribution is 0.301. The van der Waals surface area contributed by atoms with Crippen molar-refractivity contribution in [2.75, 3.05) is 18.5 Å². The molecule has 30 heavy (non-hydrogen) atoms. The number of nitrogens with zero attached hydrogens (tertiary/aromatic N) is 3. The smallest absolute Gasteiger partial charge is 0.145 e. The van der Waals surface area contributed by atoms with Gasteiger partial charge in [-0.1, -0.05) is 23.7 Å². The van der Waals surface area contributed by atoms with Gasteiger partial charge in [0.05, 0.1) is 21.6 Å². The number of benzene rings is 2. The SMILES string of the molecule is NCCOc1cccc2ncnc(Nc3ccc(OCc4ccccn4)c(Cl)c3)c12. The first kappa shape index (κ1) is 19.9. The monoisotopic (exact) mass is 421 g/mol. The molecule has 0 saturated heterocycles. The quantitative estimate of drug-likeness (QED) is 0.437. The zero-order valence-electron chi connectivity index (χ0n) is 16.1. The number of rotatable bonds is 8. The Kier molecular flexibility index (Phi) is 6.22. The van der Waals surface area contributed by atoms with Crippen molar-refractivity contribution in [1.82, 2.24) is 15.0 Å². The van der Waals surface area contributed by atoms with Crippen molar-refractivity contribution in [3.63, 3.8) is 0 Å². The van der Waals surface area contributed by atoms with Crippen LogP contribution >= 0.6 is 11.6 Å². The summed E-state index contributed by atoms with van der Waals surface area (Å²) in [6, 6.07) is 16.8. The van der Waals surface area contributed by atoms with Gasteiger partial charge in [0.15, 0.2) is 0 Å². The predicted octanol–water partition coefficient (Wildman–Crippen LogP) is 4.34. The standard InChI is InChI=1S/C22H20ClN5O2/c23-17-12-15(7-8-19(17)30-13-16-4-1-2-10-25-16)28-22-21-18(26-14-27-22)5-3-6-20(21)29-11-9-24/h1-8,10,12,14H,9,11,13,24H2,(H,26,27,28). The van der Waals surface area contributed by atoms with E-state index in [-0.39, 0.29) is 0 Å². The fourth-order valence-electron chi connectivity index (χ4n) is 2.93. The van der Waals surface area contributed by atoms with E-state index in [2.05, 4.69) is 20.3 Å². The average molecular weight is 422 g/mol. The molecule has 0 aliphatic rings. The molecule has 0 saturated carbocycles. The molecule has 152 valence electrons. The third-order valence-corrected chi connectivity index (χ3v) is 4.59. The summed E-state index contributed by atoms with van der Waals surface area (Å²) >= 11 is 6.42. The van der Waals surface area contributed by atoms with E-state index in [0.29, 0.717) is 42.1 Å². The lowest BCUT2D eigenvalue weighted by atomic mass is 10.2. The van der Waals surface area contributed by atoms with Crippen LogP contribution in [0.15, 0.2) is 67.1 Å². The fourth-order valence-corrected chi connectivity index (χ4v) is 3.17. The molecule has 8 heteroatoms. The van der Waals surface area contributed by atoms with Gasteiger partial charge in [0, 0.05) is 18.4 Å². The summed E-state index contributed by atoms with van der Waals surface area (Å²) in [5.74, 6) is 1.86. The van der Waals surface area contributed by atoms with Crippen molar-refractivity contribution in [2.45, 2.75) is 6.61 Å². The predicted molar refractivity (Wildman–Crippen MR) is 117 cm³/mol. The highest BCUT2D eigenvalue weighted by Crippen LogP contribution is 2.34. The van der Waals surface area contributed by atoms with Crippen LogP contribution in [-0.4, -0.2) is 28.1 Å². The summed E-state index contributed by atoms with van der Waals surface area (Å²) in [4.78, 5) is 12.9. The fraction of sp³-hybridized carbons (Fsp3) is 0.136. The van der Waals surface area contributed by atoms with Crippen LogP contribution in [0, 0.1) is 0 Å². The van der Waals surface area contributed by atoms with Gasteiger partial charge in [-0.25, -0.2) is 9.97 Å². The summed E-state index contributed by atoms with van der Waals surface area (Å²) in [7, 11) is 0. The number of hydrogen-bond acceptors (Lipinski definition) is 7. The van der Waals surface area contributed by atoms with E-state index in [0.717, 1.165) is 22.3 Å². The molecule has 0 radical (unpaired) electrons. The van der Waals surface area contributed by atoms with E-state index >= 15 is 0 Å². The van der Waals surface area contributed by atoms with Crippen LogP contribution in [0.3, 0.4) is 0 Å². The Bertz CT molecular complexity index is 1140. The maximum Gasteiger partial charge on any atom is 0.145 e. The van der Waals surface area contributed by atoms with Crippen molar-refractivity contribution >= 4 is 34.0 Å². The Morgan fingerprint density at radius 2 is 1.87 bits per heavy atom. The van der Waals surface area contributed by atoms with Gasteiger partial charge < -0.3 is 20.5 Å². The molecule has 0 bridgehead atoms. The van der Waals surface area contributed by atoms with Crippen LogP contribution < -0.4 is 20.5 Å². The number of anilines is 2. The number of nitrogens with two attached hydrogens (primary N) is 1. The second kappa shape index (κ2) is 9.39. The van der Waals surface area contributed by atoms with Crippen LogP contribution in [0.25, 0.3) is 10.9 Å². The average Bonchev–Trinajstić information content (AvgIpc) is 2.78. The van der Waals surface area contributed by atoms with Crippen LogP contribution in [0.4, 0.5) is 11.5 Å². The van der Waals surface area contributed by atoms with Crippen LogP contribution in [0.2, 0.25) is 5.02 Å². The highest BCUT2D eigenvalue weighted by Gasteiger charge is 2.11. The minimum absolute atomic E-state index is 0.339. The molecule has 2 aromatic carbocycles. The van der Waals surface area contributed by atoms with Gasteiger partial charge in [-0.2, -0.15) is 0 Å². The number of aromatic nitrogens is 3. The Hall–Kier alpha value is -3.42. The number of fused-ring (bicyclic) bond motifs is 1. The minimum Gasteiger partial charge on any atom is -0.491 e.